The summed E-state index contributed by atoms with van der Waals surface area (Å²) in [6.07, 6.45) is 1.65. The predicted octanol–water partition coefficient (Wildman–Crippen LogP) is -0.112. The van der Waals surface area contributed by atoms with E-state index in [1.54, 1.807) is 20.0 Å². The van der Waals surface area contributed by atoms with Gasteiger partial charge in [0.05, 0.1) is 13.0 Å². The second-order valence-corrected chi connectivity index (χ2v) is 13.7. The number of aromatic nitrogens is 1. The molecule has 1 saturated heterocycles. The van der Waals surface area contributed by atoms with Crippen molar-refractivity contribution in [2.75, 3.05) is 6.54 Å². The number of hydrogen-bond donors (Lipinski definition) is 8. The van der Waals surface area contributed by atoms with Crippen LogP contribution in [0.1, 0.15) is 66.4 Å². The van der Waals surface area contributed by atoms with Crippen LogP contribution in [-0.2, 0) is 40.0 Å². The van der Waals surface area contributed by atoms with Crippen LogP contribution in [0.3, 0.4) is 0 Å². The SMILES string of the molecule is CC(C)C[C@@H]1NC(=O)[C@H](Cc2c[nH]c3ccccc23)NC(=O)CNC(=O)[C@H](CC(N)=O)NC(=O)[C@H](C(C)C)NC(=O)[C@H](CC(C)C)NC1=O. The van der Waals surface area contributed by atoms with Gasteiger partial charge in [-0.15, -0.1) is 0 Å². The highest BCUT2D eigenvalue weighted by atomic mass is 16.2. The fourth-order valence-electron chi connectivity index (χ4n) is 5.68. The van der Waals surface area contributed by atoms with Crippen LogP contribution in [0.15, 0.2) is 30.5 Å². The fraction of sp³-hybridized carbons (Fsp3) is 0.559. The average molecular weight is 683 g/mol. The second kappa shape index (κ2) is 17.4. The van der Waals surface area contributed by atoms with Gasteiger partial charge in [-0.2, -0.15) is 0 Å². The highest BCUT2D eigenvalue weighted by Gasteiger charge is 2.35. The summed E-state index contributed by atoms with van der Waals surface area (Å²) in [5, 5.41) is 16.6. The monoisotopic (exact) mass is 682 g/mol. The highest BCUT2D eigenvalue weighted by Crippen LogP contribution is 2.20. The number of para-hydroxylation sites is 1. The van der Waals surface area contributed by atoms with Crippen LogP contribution in [0.4, 0.5) is 0 Å². The third-order valence-corrected chi connectivity index (χ3v) is 8.14. The Kier molecular flexibility index (Phi) is 13.7. The van der Waals surface area contributed by atoms with E-state index in [1.165, 1.54) is 0 Å². The minimum Gasteiger partial charge on any atom is -0.370 e. The molecule has 1 aromatic carbocycles. The predicted molar refractivity (Wildman–Crippen MR) is 182 cm³/mol. The number of fused-ring (bicyclic) bond motifs is 1. The van der Waals surface area contributed by atoms with Crippen LogP contribution < -0.4 is 37.6 Å². The van der Waals surface area contributed by atoms with Gasteiger partial charge in [0.1, 0.15) is 30.2 Å². The summed E-state index contributed by atoms with van der Waals surface area (Å²) >= 11 is 0. The van der Waals surface area contributed by atoms with E-state index in [9.17, 15) is 33.6 Å². The minimum absolute atomic E-state index is 0.0366. The lowest BCUT2D eigenvalue weighted by molar-refractivity contribution is -0.137. The first-order valence-electron chi connectivity index (χ1n) is 16.7. The Balaban J connectivity index is 2.04. The molecule has 9 N–H and O–H groups in total. The van der Waals surface area contributed by atoms with Gasteiger partial charge in [0, 0.05) is 23.5 Å². The van der Waals surface area contributed by atoms with Crippen LogP contribution in [-0.4, -0.2) is 83.1 Å². The molecule has 0 spiro atoms. The van der Waals surface area contributed by atoms with E-state index in [1.807, 2.05) is 52.0 Å². The lowest BCUT2D eigenvalue weighted by atomic mass is 9.98. The molecule has 2 heterocycles. The molecular formula is C34H50N8O7. The molecule has 0 saturated carbocycles. The van der Waals surface area contributed by atoms with Gasteiger partial charge in [-0.05, 0) is 42.2 Å². The summed E-state index contributed by atoms with van der Waals surface area (Å²) in [4.78, 5) is 96.0. The van der Waals surface area contributed by atoms with Crippen LogP contribution in [0.25, 0.3) is 10.9 Å². The number of primary amides is 1. The molecule has 5 atom stereocenters. The first-order valence-corrected chi connectivity index (χ1v) is 16.7. The molecule has 2 aromatic rings. The molecule has 1 aliphatic rings. The molecule has 0 aliphatic carbocycles. The van der Waals surface area contributed by atoms with Crippen LogP contribution >= 0.6 is 0 Å². The lowest BCUT2D eigenvalue weighted by Gasteiger charge is -2.29. The van der Waals surface area contributed by atoms with Crippen molar-refractivity contribution in [1.82, 2.24) is 36.9 Å². The molecule has 1 aromatic heterocycles. The van der Waals surface area contributed by atoms with E-state index in [4.69, 9.17) is 5.73 Å². The summed E-state index contributed by atoms with van der Waals surface area (Å²) < 4.78 is 0. The Labute approximate surface area is 286 Å². The van der Waals surface area contributed by atoms with Gasteiger partial charge in [-0.25, -0.2) is 0 Å². The number of hydrogen-bond acceptors (Lipinski definition) is 7. The molecule has 7 amide bonds. The zero-order valence-electron chi connectivity index (χ0n) is 29.0. The molecule has 3 rings (SSSR count). The maximum atomic E-state index is 13.9. The van der Waals surface area contributed by atoms with Gasteiger partial charge in [-0.1, -0.05) is 59.7 Å². The number of amides is 7. The number of nitrogens with one attached hydrogen (secondary N) is 7. The number of rotatable bonds is 9. The molecule has 0 radical (unpaired) electrons. The normalized spacial score (nSPS) is 23.7. The molecular weight excluding hydrogens is 632 g/mol. The Hall–Kier alpha value is -4.95. The standard InChI is InChI=1S/C34H50N8O7/c1-17(2)11-23-31(46)40-24(12-18(3)4)33(48)42-29(19(5)6)34(49)41-26(14-27(35)43)30(45)37-16-28(44)38-25(32(47)39-23)13-20-15-36-22-10-8-7-9-21(20)22/h7-10,15,17-19,23-26,29,36H,11-14,16H2,1-6H3,(H2,35,43)(H,37,45)(H,38,44)(H,39,47)(H,40,46)(H,41,49)(H,42,48)/t23-,24-,25-,26-,29-/m0/s1. The fourth-order valence-corrected chi connectivity index (χ4v) is 5.68. The lowest BCUT2D eigenvalue weighted by Crippen LogP contribution is -2.61. The smallest absolute Gasteiger partial charge is 0.243 e. The zero-order chi connectivity index (χ0) is 36.4. The Morgan fingerprint density at radius 1 is 0.714 bits per heavy atom. The topological polar surface area (TPSA) is 233 Å². The van der Waals surface area contributed by atoms with Crippen molar-refractivity contribution in [3.05, 3.63) is 36.0 Å². The third kappa shape index (κ3) is 11.3. The highest BCUT2D eigenvalue weighted by molar-refractivity contribution is 5.98. The number of carbonyl (C=O) groups is 7. The zero-order valence-corrected chi connectivity index (χ0v) is 29.0. The molecule has 49 heavy (non-hydrogen) atoms. The van der Waals surface area contributed by atoms with Gasteiger partial charge >= 0.3 is 0 Å². The van der Waals surface area contributed by atoms with Gasteiger partial charge in [0.15, 0.2) is 0 Å². The first kappa shape index (κ1) is 38.5. The molecule has 15 heteroatoms. The summed E-state index contributed by atoms with van der Waals surface area (Å²) in [5.74, 6) is -5.65. The van der Waals surface area contributed by atoms with E-state index < -0.39 is 90.4 Å². The van der Waals surface area contributed by atoms with E-state index >= 15 is 0 Å². The largest absolute Gasteiger partial charge is 0.370 e. The van der Waals surface area contributed by atoms with E-state index in [0.717, 1.165) is 16.5 Å². The van der Waals surface area contributed by atoms with E-state index in [-0.39, 0.29) is 31.1 Å². The quantitative estimate of drug-likeness (QED) is 0.179. The van der Waals surface area contributed by atoms with Crippen molar-refractivity contribution in [1.29, 1.82) is 0 Å². The number of nitrogens with two attached hydrogens (primary N) is 1. The van der Waals surface area contributed by atoms with Crippen molar-refractivity contribution in [3.63, 3.8) is 0 Å². The van der Waals surface area contributed by atoms with Crippen molar-refractivity contribution in [2.24, 2.45) is 23.5 Å². The van der Waals surface area contributed by atoms with Crippen LogP contribution in [0.5, 0.6) is 0 Å². The molecule has 0 bridgehead atoms. The van der Waals surface area contributed by atoms with Gasteiger partial charge in [0.25, 0.3) is 0 Å². The van der Waals surface area contributed by atoms with Crippen LogP contribution in [0.2, 0.25) is 0 Å². The average Bonchev–Trinajstić information content (AvgIpc) is 3.42. The number of benzene rings is 1. The summed E-state index contributed by atoms with van der Waals surface area (Å²) in [6.45, 7) is 10.3. The van der Waals surface area contributed by atoms with Gasteiger partial charge < -0.3 is 42.6 Å². The van der Waals surface area contributed by atoms with E-state index in [0.29, 0.717) is 0 Å². The number of aromatic amines is 1. The first-order chi connectivity index (χ1) is 23.0. The molecule has 1 aliphatic heterocycles. The van der Waals surface area contributed by atoms with Gasteiger partial charge in [0.2, 0.25) is 41.4 Å². The van der Waals surface area contributed by atoms with Crippen molar-refractivity contribution in [3.8, 4) is 0 Å². The Bertz CT molecular complexity index is 1540. The molecule has 1 fully saturated rings. The van der Waals surface area contributed by atoms with Crippen LogP contribution in [0, 0.1) is 17.8 Å². The Morgan fingerprint density at radius 2 is 1.27 bits per heavy atom. The van der Waals surface area contributed by atoms with Gasteiger partial charge in [-0.3, -0.25) is 33.6 Å². The molecule has 268 valence electrons. The summed E-state index contributed by atoms with van der Waals surface area (Å²) in [7, 11) is 0. The Morgan fingerprint density at radius 3 is 1.84 bits per heavy atom. The molecule has 15 nitrogen and oxygen atoms in total. The minimum atomic E-state index is -1.46. The molecule has 0 unspecified atom stereocenters. The number of H-pyrrole nitrogens is 1. The summed E-state index contributed by atoms with van der Waals surface area (Å²) in [6, 6.07) is 1.52. The van der Waals surface area contributed by atoms with Crippen molar-refractivity contribution < 1.29 is 33.6 Å². The second-order valence-electron chi connectivity index (χ2n) is 13.7. The van der Waals surface area contributed by atoms with Crippen molar-refractivity contribution >= 4 is 52.3 Å². The number of carbonyl (C=O) groups excluding carboxylic acids is 7. The summed E-state index contributed by atoms with van der Waals surface area (Å²) in [5.41, 5.74) is 6.91. The van der Waals surface area contributed by atoms with Crippen molar-refractivity contribution in [2.45, 2.75) is 97.4 Å². The maximum absolute atomic E-state index is 13.9. The maximum Gasteiger partial charge on any atom is 0.243 e. The van der Waals surface area contributed by atoms with E-state index in [2.05, 4.69) is 36.9 Å². The third-order valence-electron chi connectivity index (χ3n) is 8.14.